The average molecular weight is 224 g/mol. The van der Waals surface area contributed by atoms with E-state index < -0.39 is 0 Å². The summed E-state index contributed by atoms with van der Waals surface area (Å²) >= 11 is 0. The van der Waals surface area contributed by atoms with Crippen LogP contribution in [0.2, 0.25) is 0 Å². The Balaban J connectivity index is 1.94. The topological polar surface area (TPSA) is 65.1 Å². The second-order valence-corrected chi connectivity index (χ2v) is 4.47. The van der Waals surface area contributed by atoms with E-state index >= 15 is 0 Å². The molecule has 2 heterocycles. The summed E-state index contributed by atoms with van der Waals surface area (Å²) in [7, 11) is 1.97. The van der Waals surface area contributed by atoms with Gasteiger partial charge in [0.05, 0.1) is 18.1 Å². The number of imidazole rings is 1. The summed E-state index contributed by atoms with van der Waals surface area (Å²) in [6, 6.07) is 0.157. The molecule has 5 nitrogen and oxygen atoms in total. The average Bonchev–Trinajstić information content (AvgIpc) is 2.74. The van der Waals surface area contributed by atoms with Gasteiger partial charge < -0.3 is 9.30 Å². The van der Waals surface area contributed by atoms with Crippen LogP contribution < -0.4 is 11.3 Å². The molecular formula is C11H20N4O. The molecular weight excluding hydrogens is 204 g/mol. The zero-order valence-electron chi connectivity index (χ0n) is 9.72. The number of rotatable bonds is 4. The van der Waals surface area contributed by atoms with Crippen LogP contribution in [-0.2, 0) is 11.8 Å². The van der Waals surface area contributed by atoms with Gasteiger partial charge in [-0.2, -0.15) is 0 Å². The summed E-state index contributed by atoms with van der Waals surface area (Å²) in [4.78, 5) is 4.34. The van der Waals surface area contributed by atoms with Crippen LogP contribution in [0.15, 0.2) is 12.5 Å². The van der Waals surface area contributed by atoms with Crippen molar-refractivity contribution in [1.29, 1.82) is 0 Å². The van der Waals surface area contributed by atoms with Gasteiger partial charge in [0.15, 0.2) is 0 Å². The monoisotopic (exact) mass is 224 g/mol. The number of hydrazine groups is 1. The van der Waals surface area contributed by atoms with Gasteiger partial charge in [-0.1, -0.05) is 0 Å². The lowest BCUT2D eigenvalue weighted by Crippen LogP contribution is -2.31. The molecule has 1 aliphatic heterocycles. The third-order valence-corrected chi connectivity index (χ3v) is 3.19. The maximum Gasteiger partial charge on any atom is 0.0947 e. The number of hydrogen-bond acceptors (Lipinski definition) is 4. The molecule has 0 radical (unpaired) electrons. The molecule has 2 rings (SSSR count). The van der Waals surface area contributed by atoms with E-state index in [-0.39, 0.29) is 6.04 Å². The molecule has 1 aromatic heterocycles. The zero-order valence-corrected chi connectivity index (χ0v) is 9.72. The molecule has 1 fully saturated rings. The Morgan fingerprint density at radius 1 is 1.62 bits per heavy atom. The standard InChI is InChI=1S/C11H20N4O/c1-15-7-11(13-8-15)10(14-12)6-9-2-4-16-5-3-9/h7-10,14H,2-6,12H2,1H3. The molecule has 0 bridgehead atoms. The van der Waals surface area contributed by atoms with E-state index in [1.165, 1.54) is 0 Å². The first kappa shape index (κ1) is 11.6. The minimum absolute atomic E-state index is 0.157. The number of ether oxygens (including phenoxy) is 1. The van der Waals surface area contributed by atoms with E-state index in [9.17, 15) is 0 Å². The third kappa shape index (κ3) is 2.81. The molecule has 0 aliphatic carbocycles. The summed E-state index contributed by atoms with van der Waals surface area (Å²) in [5.74, 6) is 6.29. The molecule has 5 heteroatoms. The predicted molar refractivity (Wildman–Crippen MR) is 61.4 cm³/mol. The highest BCUT2D eigenvalue weighted by Crippen LogP contribution is 2.26. The molecule has 90 valence electrons. The molecule has 0 amide bonds. The minimum Gasteiger partial charge on any atom is -0.381 e. The van der Waals surface area contributed by atoms with Crippen LogP contribution in [0.25, 0.3) is 0 Å². The van der Waals surface area contributed by atoms with Crippen LogP contribution >= 0.6 is 0 Å². The lowest BCUT2D eigenvalue weighted by molar-refractivity contribution is 0.0603. The Kier molecular flexibility index (Phi) is 3.93. The van der Waals surface area contributed by atoms with Crippen LogP contribution in [0, 0.1) is 5.92 Å². The van der Waals surface area contributed by atoms with E-state index in [0.717, 1.165) is 38.2 Å². The van der Waals surface area contributed by atoms with Gasteiger partial charge >= 0.3 is 0 Å². The predicted octanol–water partition coefficient (Wildman–Crippen LogP) is 0.741. The smallest absolute Gasteiger partial charge is 0.0947 e. The second kappa shape index (κ2) is 5.43. The molecule has 0 saturated carbocycles. The normalized spacial score (nSPS) is 19.9. The summed E-state index contributed by atoms with van der Waals surface area (Å²) in [6.45, 7) is 1.76. The maximum absolute atomic E-state index is 5.60. The highest BCUT2D eigenvalue weighted by molar-refractivity contribution is 5.03. The lowest BCUT2D eigenvalue weighted by Gasteiger charge is -2.25. The number of nitrogens with two attached hydrogens (primary N) is 1. The molecule has 1 unspecified atom stereocenters. The quantitative estimate of drug-likeness (QED) is 0.585. The second-order valence-electron chi connectivity index (χ2n) is 4.47. The van der Waals surface area contributed by atoms with Crippen LogP contribution in [0.1, 0.15) is 31.0 Å². The molecule has 1 aromatic rings. The van der Waals surface area contributed by atoms with Crippen molar-refractivity contribution in [2.24, 2.45) is 18.8 Å². The first-order valence-corrected chi connectivity index (χ1v) is 5.81. The highest BCUT2D eigenvalue weighted by atomic mass is 16.5. The molecule has 0 aromatic carbocycles. The van der Waals surface area contributed by atoms with Gasteiger partial charge in [-0.15, -0.1) is 0 Å². The van der Waals surface area contributed by atoms with Gasteiger partial charge in [-0.25, -0.2) is 4.98 Å². The number of nitrogens with one attached hydrogen (secondary N) is 1. The Bertz CT molecular complexity index is 320. The molecule has 0 spiro atoms. The Morgan fingerprint density at radius 3 is 2.94 bits per heavy atom. The Morgan fingerprint density at radius 2 is 2.38 bits per heavy atom. The minimum atomic E-state index is 0.157. The number of hydrogen-bond donors (Lipinski definition) is 2. The van der Waals surface area contributed by atoms with Crippen molar-refractivity contribution < 1.29 is 4.74 Å². The zero-order chi connectivity index (χ0) is 11.4. The van der Waals surface area contributed by atoms with Gasteiger partial charge in [-0.05, 0) is 25.2 Å². The van der Waals surface area contributed by atoms with Crippen molar-refractivity contribution in [2.75, 3.05) is 13.2 Å². The van der Waals surface area contributed by atoms with E-state index in [4.69, 9.17) is 10.6 Å². The fourth-order valence-electron chi connectivity index (χ4n) is 2.20. The first-order chi connectivity index (χ1) is 7.79. The summed E-state index contributed by atoms with van der Waals surface area (Å²) < 4.78 is 7.30. The molecule has 3 N–H and O–H groups in total. The van der Waals surface area contributed by atoms with E-state index in [0.29, 0.717) is 5.92 Å². The third-order valence-electron chi connectivity index (χ3n) is 3.19. The number of aromatic nitrogens is 2. The van der Waals surface area contributed by atoms with Crippen molar-refractivity contribution in [1.82, 2.24) is 15.0 Å². The van der Waals surface area contributed by atoms with Crippen molar-refractivity contribution >= 4 is 0 Å². The van der Waals surface area contributed by atoms with Gasteiger partial charge in [0.25, 0.3) is 0 Å². The summed E-state index contributed by atoms with van der Waals surface area (Å²) in [5, 5.41) is 0. The van der Waals surface area contributed by atoms with Crippen LogP contribution in [0.5, 0.6) is 0 Å². The van der Waals surface area contributed by atoms with Crippen molar-refractivity contribution in [2.45, 2.75) is 25.3 Å². The SMILES string of the molecule is Cn1cnc(C(CC2CCOCC2)NN)c1. The van der Waals surface area contributed by atoms with Gasteiger partial charge in [0, 0.05) is 26.5 Å². The van der Waals surface area contributed by atoms with Crippen LogP contribution in [0.4, 0.5) is 0 Å². The molecule has 16 heavy (non-hydrogen) atoms. The van der Waals surface area contributed by atoms with Crippen LogP contribution in [0.3, 0.4) is 0 Å². The fraction of sp³-hybridized carbons (Fsp3) is 0.727. The van der Waals surface area contributed by atoms with E-state index in [2.05, 4.69) is 10.4 Å². The van der Waals surface area contributed by atoms with Gasteiger partial charge in [0.1, 0.15) is 0 Å². The van der Waals surface area contributed by atoms with E-state index in [1.807, 2.05) is 24.1 Å². The number of aryl methyl sites for hydroxylation is 1. The highest BCUT2D eigenvalue weighted by Gasteiger charge is 2.20. The number of nitrogens with zero attached hydrogens (tertiary/aromatic N) is 2. The Labute approximate surface area is 96.0 Å². The molecule has 1 aliphatic rings. The largest absolute Gasteiger partial charge is 0.381 e. The maximum atomic E-state index is 5.60. The van der Waals surface area contributed by atoms with Crippen molar-refractivity contribution in [3.63, 3.8) is 0 Å². The Hall–Kier alpha value is -0.910. The van der Waals surface area contributed by atoms with Crippen LogP contribution in [-0.4, -0.2) is 22.8 Å². The molecule has 1 saturated heterocycles. The molecule has 1 atom stereocenters. The van der Waals surface area contributed by atoms with Crippen molar-refractivity contribution in [3.8, 4) is 0 Å². The van der Waals surface area contributed by atoms with Crippen molar-refractivity contribution in [3.05, 3.63) is 18.2 Å². The summed E-state index contributed by atoms with van der Waals surface area (Å²) in [6.07, 6.45) is 7.13. The summed E-state index contributed by atoms with van der Waals surface area (Å²) in [5.41, 5.74) is 3.89. The van der Waals surface area contributed by atoms with Gasteiger partial charge in [-0.3, -0.25) is 11.3 Å². The first-order valence-electron chi connectivity index (χ1n) is 5.81. The fourth-order valence-corrected chi connectivity index (χ4v) is 2.20. The lowest BCUT2D eigenvalue weighted by atomic mass is 9.92. The van der Waals surface area contributed by atoms with E-state index in [1.54, 1.807) is 0 Å². The van der Waals surface area contributed by atoms with Gasteiger partial charge in [0.2, 0.25) is 0 Å².